The number of hydrogen-bond donors (Lipinski definition) is 1. The molecule has 1 rings (SSSR count). The molecular weight excluding hydrogens is 345 g/mol. The van der Waals surface area contributed by atoms with Crippen molar-refractivity contribution in [3.05, 3.63) is 28.5 Å². The molecule has 0 aliphatic heterocycles. The van der Waals surface area contributed by atoms with Crippen LogP contribution in [0.5, 0.6) is 0 Å². The van der Waals surface area contributed by atoms with Crippen molar-refractivity contribution in [3.8, 4) is 0 Å². The second kappa shape index (κ2) is 5.88. The van der Waals surface area contributed by atoms with E-state index in [2.05, 4.69) is 25.6 Å². The Morgan fingerprint density at radius 3 is 2.26 bits per heavy atom. The summed E-state index contributed by atoms with van der Waals surface area (Å²) in [5.41, 5.74) is -0.0756. The van der Waals surface area contributed by atoms with Crippen LogP contribution >= 0.6 is 15.9 Å². The second-order valence-corrected chi connectivity index (χ2v) is 7.70. The minimum Gasteiger partial charge on any atom is -0.249 e. The molecule has 1 N–H and O–H groups in total. The van der Waals surface area contributed by atoms with Crippen LogP contribution in [0.2, 0.25) is 0 Å². The van der Waals surface area contributed by atoms with Gasteiger partial charge in [-0.05, 0) is 48.3 Å². The zero-order valence-electron chi connectivity index (χ0n) is 10.6. The molecule has 0 aliphatic rings. The van der Waals surface area contributed by atoms with Crippen LogP contribution in [0.15, 0.2) is 22.9 Å². The average Bonchev–Trinajstić information content (AvgIpc) is 2.24. The van der Waals surface area contributed by atoms with Crippen LogP contribution in [-0.2, 0) is 11.0 Å². The van der Waals surface area contributed by atoms with Crippen molar-refractivity contribution >= 4 is 26.9 Å². The molecular formula is C11H14BrF3N2OS. The fourth-order valence-corrected chi connectivity index (χ4v) is 2.24. The smallest absolute Gasteiger partial charge is 0.249 e. The molecule has 0 saturated heterocycles. The van der Waals surface area contributed by atoms with Crippen LogP contribution in [0.25, 0.3) is 0 Å². The molecule has 1 heterocycles. The van der Waals surface area contributed by atoms with Gasteiger partial charge in [0.2, 0.25) is 0 Å². The molecule has 0 amide bonds. The zero-order valence-corrected chi connectivity index (χ0v) is 13.0. The Labute approximate surface area is 120 Å². The summed E-state index contributed by atoms with van der Waals surface area (Å²) in [6, 6.07) is 0.700. The molecule has 8 heteroatoms. The number of halogens is 4. The minimum atomic E-state index is -4.55. The van der Waals surface area contributed by atoms with E-state index in [0.29, 0.717) is 4.60 Å². The molecule has 0 bridgehead atoms. The number of nitrogens with zero attached hydrogens (tertiary/aromatic N) is 1. The Kier molecular flexibility index (Phi) is 5.14. The number of nitrogens with one attached hydrogen (secondary N) is 1. The van der Waals surface area contributed by atoms with E-state index >= 15 is 0 Å². The number of hydrogen-bond acceptors (Lipinski definition) is 2. The summed E-state index contributed by atoms with van der Waals surface area (Å²) in [7, 11) is -1.83. The third kappa shape index (κ3) is 4.85. The predicted octanol–water partition coefficient (Wildman–Crippen LogP) is 3.50. The summed E-state index contributed by atoms with van der Waals surface area (Å²) in [5.74, 6) is 0. The van der Waals surface area contributed by atoms with Crippen LogP contribution < -0.4 is 4.72 Å². The SMILES string of the molecule is CC(C)(C)[S@](=O)NC(c1ccc(Br)nc1)C(F)(F)F. The van der Waals surface area contributed by atoms with Crippen molar-refractivity contribution in [2.75, 3.05) is 0 Å². The minimum absolute atomic E-state index is 0.0756. The highest BCUT2D eigenvalue weighted by molar-refractivity contribution is 9.10. The van der Waals surface area contributed by atoms with E-state index in [0.717, 1.165) is 6.20 Å². The molecule has 1 unspecified atom stereocenters. The summed E-state index contributed by atoms with van der Waals surface area (Å²) in [5, 5.41) is 0. The lowest BCUT2D eigenvalue weighted by atomic mass is 10.1. The maximum Gasteiger partial charge on any atom is 0.408 e. The lowest BCUT2D eigenvalue weighted by Gasteiger charge is -2.26. The summed E-state index contributed by atoms with van der Waals surface area (Å²) in [6.45, 7) is 4.80. The van der Waals surface area contributed by atoms with Gasteiger partial charge in [0.05, 0.1) is 15.7 Å². The second-order valence-electron chi connectivity index (χ2n) is 4.89. The maximum absolute atomic E-state index is 13.0. The number of alkyl halides is 3. The Morgan fingerprint density at radius 2 is 1.89 bits per heavy atom. The largest absolute Gasteiger partial charge is 0.408 e. The lowest BCUT2D eigenvalue weighted by Crippen LogP contribution is -2.41. The van der Waals surface area contributed by atoms with E-state index in [1.54, 1.807) is 20.8 Å². The number of rotatable bonds is 3. The molecule has 19 heavy (non-hydrogen) atoms. The van der Waals surface area contributed by atoms with Gasteiger partial charge in [-0.2, -0.15) is 13.2 Å². The highest BCUT2D eigenvalue weighted by Crippen LogP contribution is 2.33. The normalized spacial score (nSPS) is 16.2. The summed E-state index contributed by atoms with van der Waals surface area (Å²) < 4.78 is 52.7. The quantitative estimate of drug-likeness (QED) is 0.840. The molecule has 1 aromatic heterocycles. The maximum atomic E-state index is 13.0. The van der Waals surface area contributed by atoms with Gasteiger partial charge in [0.25, 0.3) is 0 Å². The highest BCUT2D eigenvalue weighted by atomic mass is 79.9. The van der Waals surface area contributed by atoms with E-state index in [1.165, 1.54) is 12.1 Å². The summed E-state index contributed by atoms with van der Waals surface area (Å²) in [6.07, 6.45) is -3.44. The molecule has 108 valence electrons. The van der Waals surface area contributed by atoms with E-state index in [9.17, 15) is 17.4 Å². The third-order valence-electron chi connectivity index (χ3n) is 2.19. The first-order chi connectivity index (χ1) is 8.51. The topological polar surface area (TPSA) is 42.0 Å². The van der Waals surface area contributed by atoms with Gasteiger partial charge in [-0.3, -0.25) is 0 Å². The van der Waals surface area contributed by atoms with Gasteiger partial charge in [-0.15, -0.1) is 0 Å². The Hall–Kier alpha value is -0.470. The van der Waals surface area contributed by atoms with Gasteiger partial charge < -0.3 is 0 Å². The van der Waals surface area contributed by atoms with Crippen molar-refractivity contribution < 1.29 is 17.4 Å². The predicted molar refractivity (Wildman–Crippen MR) is 71.8 cm³/mol. The zero-order chi connectivity index (χ0) is 14.8. The number of aromatic nitrogens is 1. The summed E-state index contributed by atoms with van der Waals surface area (Å²) in [4.78, 5) is 3.76. The first-order valence-electron chi connectivity index (χ1n) is 5.38. The van der Waals surface area contributed by atoms with Gasteiger partial charge in [0.15, 0.2) is 0 Å². The number of pyridine rings is 1. The standard InChI is InChI=1S/C11H14BrF3N2OS/c1-10(2,3)19(18)17-9(11(13,14)15)7-4-5-8(12)16-6-7/h4-6,9,17H,1-3H3/t9?,19-/m0/s1. The molecule has 0 radical (unpaired) electrons. The van der Waals surface area contributed by atoms with Crippen LogP contribution in [0, 0.1) is 0 Å². The molecule has 2 atom stereocenters. The summed E-state index contributed by atoms with van der Waals surface area (Å²) >= 11 is 3.05. The Balaban J connectivity index is 3.04. The van der Waals surface area contributed by atoms with Crippen molar-refractivity contribution in [3.63, 3.8) is 0 Å². The average molecular weight is 359 g/mol. The van der Waals surface area contributed by atoms with Crippen molar-refractivity contribution in [2.24, 2.45) is 0 Å². The van der Waals surface area contributed by atoms with Gasteiger partial charge in [-0.25, -0.2) is 13.9 Å². The Morgan fingerprint density at radius 1 is 1.32 bits per heavy atom. The van der Waals surface area contributed by atoms with E-state index < -0.39 is 28.0 Å². The van der Waals surface area contributed by atoms with Crippen LogP contribution in [0.3, 0.4) is 0 Å². The van der Waals surface area contributed by atoms with E-state index in [4.69, 9.17) is 0 Å². The van der Waals surface area contributed by atoms with Gasteiger partial charge in [-0.1, -0.05) is 6.07 Å². The first-order valence-corrected chi connectivity index (χ1v) is 7.32. The van der Waals surface area contributed by atoms with Gasteiger partial charge in [0, 0.05) is 6.20 Å². The monoisotopic (exact) mass is 358 g/mol. The van der Waals surface area contributed by atoms with Gasteiger partial charge >= 0.3 is 6.18 Å². The Bertz CT molecular complexity index is 456. The van der Waals surface area contributed by atoms with Crippen LogP contribution in [0.1, 0.15) is 32.4 Å². The van der Waals surface area contributed by atoms with Crippen molar-refractivity contribution in [1.29, 1.82) is 0 Å². The first kappa shape index (κ1) is 16.6. The van der Waals surface area contributed by atoms with Crippen molar-refractivity contribution in [1.82, 2.24) is 9.71 Å². The van der Waals surface area contributed by atoms with E-state index in [-0.39, 0.29) is 5.56 Å². The highest BCUT2D eigenvalue weighted by Gasteiger charge is 2.43. The fourth-order valence-electron chi connectivity index (χ4n) is 1.17. The van der Waals surface area contributed by atoms with Gasteiger partial charge in [0.1, 0.15) is 10.6 Å². The molecule has 0 aliphatic carbocycles. The van der Waals surface area contributed by atoms with Crippen LogP contribution in [-0.4, -0.2) is 20.1 Å². The molecule has 0 spiro atoms. The molecule has 3 nitrogen and oxygen atoms in total. The van der Waals surface area contributed by atoms with E-state index in [1.807, 2.05) is 0 Å². The third-order valence-corrected chi connectivity index (χ3v) is 4.22. The lowest BCUT2D eigenvalue weighted by molar-refractivity contribution is -0.152. The molecule has 0 fully saturated rings. The molecule has 0 saturated carbocycles. The fraction of sp³-hybridized carbons (Fsp3) is 0.545. The van der Waals surface area contributed by atoms with Crippen LogP contribution in [0.4, 0.5) is 13.2 Å². The molecule has 1 aromatic rings. The van der Waals surface area contributed by atoms with Crippen molar-refractivity contribution in [2.45, 2.75) is 37.7 Å². The molecule has 0 aromatic carbocycles.